The van der Waals surface area contributed by atoms with Crippen molar-refractivity contribution in [3.05, 3.63) is 11.6 Å². The van der Waals surface area contributed by atoms with E-state index in [1.54, 1.807) is 13.2 Å². The van der Waals surface area contributed by atoms with Crippen molar-refractivity contribution in [3.63, 3.8) is 0 Å². The summed E-state index contributed by atoms with van der Waals surface area (Å²) in [5.74, 6) is 0. The first-order valence-electron chi connectivity index (χ1n) is 7.90. The summed E-state index contributed by atoms with van der Waals surface area (Å²) in [7, 11) is -1.88. The molecule has 1 atom stereocenters. The maximum atomic E-state index is 12.5. The fourth-order valence-corrected chi connectivity index (χ4v) is 6.92. The lowest BCUT2D eigenvalue weighted by Gasteiger charge is -2.28. The Hall–Kier alpha value is -0.160. The zero-order valence-electron chi connectivity index (χ0n) is 14.5. The molecule has 0 radical (unpaired) electrons. The Morgan fingerprint density at radius 1 is 1.42 bits per heavy atom. The Morgan fingerprint density at radius 3 is 2.75 bits per heavy atom. The van der Waals surface area contributed by atoms with Crippen LogP contribution in [0.2, 0.25) is 0 Å². The van der Waals surface area contributed by atoms with Crippen LogP contribution in [-0.2, 0) is 14.8 Å². The number of hydrogen-bond donors (Lipinski definition) is 2. The SMILES string of the molecule is COCCCCN1CC(O)c2cc(S(=O)(=O)NC(C)(C)C)sc2S1. The number of sulfonamides is 1. The van der Waals surface area contributed by atoms with E-state index in [0.29, 0.717) is 12.1 Å². The van der Waals surface area contributed by atoms with Crippen molar-refractivity contribution >= 4 is 33.3 Å². The monoisotopic (exact) mass is 394 g/mol. The van der Waals surface area contributed by atoms with Crippen LogP contribution in [0.25, 0.3) is 0 Å². The second kappa shape index (κ2) is 8.03. The molecule has 24 heavy (non-hydrogen) atoms. The summed E-state index contributed by atoms with van der Waals surface area (Å²) in [6.45, 7) is 7.50. The van der Waals surface area contributed by atoms with Crippen molar-refractivity contribution in [1.29, 1.82) is 0 Å². The van der Waals surface area contributed by atoms with E-state index < -0.39 is 21.7 Å². The Balaban J connectivity index is 2.10. The first kappa shape index (κ1) is 20.2. The van der Waals surface area contributed by atoms with Gasteiger partial charge in [0.15, 0.2) is 0 Å². The molecule has 1 aliphatic rings. The average Bonchev–Trinajstić information content (AvgIpc) is 2.86. The van der Waals surface area contributed by atoms with E-state index in [2.05, 4.69) is 9.03 Å². The van der Waals surface area contributed by atoms with Gasteiger partial charge in [-0.05, 0) is 51.6 Å². The summed E-state index contributed by atoms with van der Waals surface area (Å²) < 4.78 is 35.9. The highest BCUT2D eigenvalue weighted by molar-refractivity contribution is 7.99. The summed E-state index contributed by atoms with van der Waals surface area (Å²) >= 11 is 2.75. The quantitative estimate of drug-likeness (QED) is 0.547. The van der Waals surface area contributed by atoms with Crippen molar-refractivity contribution in [2.24, 2.45) is 0 Å². The molecule has 2 rings (SSSR count). The van der Waals surface area contributed by atoms with Gasteiger partial charge in [0, 0.05) is 37.9 Å². The lowest BCUT2D eigenvalue weighted by atomic mass is 10.1. The molecular weight excluding hydrogens is 368 g/mol. The van der Waals surface area contributed by atoms with Gasteiger partial charge in [0.05, 0.1) is 10.3 Å². The predicted molar refractivity (Wildman–Crippen MR) is 97.9 cm³/mol. The average molecular weight is 395 g/mol. The number of nitrogens with one attached hydrogen (secondary N) is 1. The molecule has 1 aromatic heterocycles. The lowest BCUT2D eigenvalue weighted by molar-refractivity contribution is 0.142. The molecule has 9 heteroatoms. The molecule has 1 aromatic rings. The number of rotatable bonds is 7. The Morgan fingerprint density at radius 2 is 2.12 bits per heavy atom. The molecule has 0 aromatic carbocycles. The number of ether oxygens (including phenoxy) is 1. The Kier molecular flexibility index (Phi) is 6.74. The van der Waals surface area contributed by atoms with Crippen molar-refractivity contribution < 1.29 is 18.3 Å². The second-order valence-electron chi connectivity index (χ2n) is 6.86. The summed E-state index contributed by atoms with van der Waals surface area (Å²) in [6.07, 6.45) is 1.29. The van der Waals surface area contributed by atoms with Gasteiger partial charge in [-0.1, -0.05) is 0 Å². The van der Waals surface area contributed by atoms with Gasteiger partial charge in [0.25, 0.3) is 10.0 Å². The summed E-state index contributed by atoms with van der Waals surface area (Å²) in [4.78, 5) is 0. The maximum Gasteiger partial charge on any atom is 0.250 e. The number of unbranched alkanes of at least 4 members (excludes halogenated alkanes) is 1. The normalized spacial score (nSPS) is 19.5. The topological polar surface area (TPSA) is 78.9 Å². The summed E-state index contributed by atoms with van der Waals surface area (Å²) in [6, 6.07) is 1.61. The molecule has 1 aliphatic heterocycles. The molecule has 2 N–H and O–H groups in total. The summed E-state index contributed by atoms with van der Waals surface area (Å²) in [5.41, 5.74) is 0.176. The third-order valence-corrected chi connectivity index (χ3v) is 8.00. The minimum Gasteiger partial charge on any atom is -0.387 e. The first-order chi connectivity index (χ1) is 11.1. The van der Waals surface area contributed by atoms with Gasteiger partial charge in [-0.3, -0.25) is 0 Å². The zero-order chi connectivity index (χ0) is 18.0. The van der Waals surface area contributed by atoms with Gasteiger partial charge < -0.3 is 9.84 Å². The number of aliphatic hydroxyl groups excluding tert-OH is 1. The van der Waals surface area contributed by atoms with E-state index >= 15 is 0 Å². The van der Waals surface area contributed by atoms with Gasteiger partial charge in [-0.25, -0.2) is 17.4 Å². The van der Waals surface area contributed by atoms with Crippen molar-refractivity contribution in [2.45, 2.75) is 53.7 Å². The van der Waals surface area contributed by atoms with Crippen LogP contribution in [0, 0.1) is 0 Å². The molecule has 138 valence electrons. The highest BCUT2D eigenvalue weighted by atomic mass is 32.3. The van der Waals surface area contributed by atoms with E-state index in [-0.39, 0.29) is 4.21 Å². The summed E-state index contributed by atoms with van der Waals surface area (Å²) in [5, 5.41) is 10.4. The second-order valence-corrected chi connectivity index (χ2v) is 11.2. The molecule has 6 nitrogen and oxygen atoms in total. The smallest absolute Gasteiger partial charge is 0.250 e. The van der Waals surface area contributed by atoms with Gasteiger partial charge in [-0.15, -0.1) is 11.3 Å². The molecule has 1 unspecified atom stereocenters. The Labute approximate surface area is 152 Å². The van der Waals surface area contributed by atoms with Crippen LogP contribution < -0.4 is 4.72 Å². The van der Waals surface area contributed by atoms with Crippen LogP contribution in [0.4, 0.5) is 0 Å². The standard InChI is InChI=1S/C15H26N2O4S3/c1-15(2,3)16-24(19,20)13-9-11-12(18)10-17(23-14(11)22-13)7-5-6-8-21-4/h9,12,16,18H,5-8,10H2,1-4H3. The molecule has 0 saturated heterocycles. The van der Waals surface area contributed by atoms with Gasteiger partial charge in [0.2, 0.25) is 0 Å². The minimum atomic E-state index is -3.57. The number of aliphatic hydroxyl groups is 1. The van der Waals surface area contributed by atoms with E-state index in [0.717, 1.165) is 30.2 Å². The highest BCUT2D eigenvalue weighted by Gasteiger charge is 2.31. The van der Waals surface area contributed by atoms with Gasteiger partial charge in [-0.2, -0.15) is 0 Å². The van der Waals surface area contributed by atoms with E-state index in [1.165, 1.54) is 23.3 Å². The highest BCUT2D eigenvalue weighted by Crippen LogP contribution is 2.43. The third kappa shape index (κ3) is 5.42. The molecular formula is C15H26N2O4S3. The molecule has 0 spiro atoms. The molecule has 0 aliphatic carbocycles. The van der Waals surface area contributed by atoms with E-state index in [4.69, 9.17) is 4.74 Å². The molecule has 0 fully saturated rings. The zero-order valence-corrected chi connectivity index (χ0v) is 17.0. The number of thiophene rings is 1. The lowest BCUT2D eigenvalue weighted by Crippen LogP contribution is -2.40. The van der Waals surface area contributed by atoms with E-state index in [9.17, 15) is 13.5 Å². The van der Waals surface area contributed by atoms with Crippen molar-refractivity contribution in [3.8, 4) is 0 Å². The van der Waals surface area contributed by atoms with Crippen molar-refractivity contribution in [1.82, 2.24) is 9.03 Å². The van der Waals surface area contributed by atoms with Crippen LogP contribution in [0.5, 0.6) is 0 Å². The van der Waals surface area contributed by atoms with Crippen LogP contribution in [0.15, 0.2) is 14.5 Å². The van der Waals surface area contributed by atoms with Gasteiger partial charge >= 0.3 is 0 Å². The third-order valence-electron chi connectivity index (χ3n) is 3.36. The number of methoxy groups -OCH3 is 1. The van der Waals surface area contributed by atoms with Crippen LogP contribution in [0.1, 0.15) is 45.3 Å². The van der Waals surface area contributed by atoms with Crippen LogP contribution >= 0.6 is 23.3 Å². The number of β-amino-alcohol motifs (C(OH)–C–C–N with tert-alkyl or cyclic N) is 1. The minimum absolute atomic E-state index is 0.259. The fraction of sp³-hybridized carbons (Fsp3) is 0.733. The maximum absolute atomic E-state index is 12.5. The number of hydrogen-bond acceptors (Lipinski definition) is 7. The molecule has 2 heterocycles. The number of nitrogens with zero attached hydrogens (tertiary/aromatic N) is 1. The Bertz CT molecular complexity index is 652. The molecule has 0 bridgehead atoms. The van der Waals surface area contributed by atoms with Crippen molar-refractivity contribution in [2.75, 3.05) is 26.8 Å². The van der Waals surface area contributed by atoms with Gasteiger partial charge in [0.1, 0.15) is 4.21 Å². The first-order valence-corrected chi connectivity index (χ1v) is 11.0. The largest absolute Gasteiger partial charge is 0.387 e. The van der Waals surface area contributed by atoms with Crippen LogP contribution in [0.3, 0.4) is 0 Å². The van der Waals surface area contributed by atoms with E-state index in [1.807, 2.05) is 20.8 Å². The molecule has 0 amide bonds. The predicted octanol–water partition coefficient (Wildman–Crippen LogP) is 2.61. The molecule has 0 saturated carbocycles. The fourth-order valence-electron chi connectivity index (χ4n) is 2.37. The number of fused-ring (bicyclic) bond motifs is 1. The van der Waals surface area contributed by atoms with Crippen LogP contribution in [-0.4, -0.2) is 50.2 Å².